The quantitative estimate of drug-likeness (QED) is 0.809. The van der Waals surface area contributed by atoms with Crippen LogP contribution in [0, 0.1) is 0 Å². The largest absolute Gasteiger partial charge is 0.444 e. The van der Waals surface area contributed by atoms with Gasteiger partial charge in [0.2, 0.25) is 0 Å². The van der Waals surface area contributed by atoms with Crippen molar-refractivity contribution in [3.05, 3.63) is 59.7 Å². The van der Waals surface area contributed by atoms with Crippen LogP contribution in [0.4, 0.5) is 4.79 Å². The van der Waals surface area contributed by atoms with Gasteiger partial charge in [-0.25, -0.2) is 14.8 Å². The van der Waals surface area contributed by atoms with Crippen LogP contribution in [0.3, 0.4) is 0 Å². The van der Waals surface area contributed by atoms with Crippen molar-refractivity contribution in [3.63, 3.8) is 0 Å². The normalized spacial score (nSPS) is 16.6. The molecule has 1 atom stereocenters. The lowest BCUT2D eigenvalue weighted by atomic mass is 9.99. The summed E-state index contributed by atoms with van der Waals surface area (Å²) < 4.78 is 5.52. The minimum Gasteiger partial charge on any atom is -0.444 e. The molecule has 1 fully saturated rings. The summed E-state index contributed by atoms with van der Waals surface area (Å²) in [5.41, 5.74) is 0.963. The van der Waals surface area contributed by atoms with E-state index in [-0.39, 0.29) is 18.4 Å². The van der Waals surface area contributed by atoms with E-state index >= 15 is 0 Å². The lowest BCUT2D eigenvalue weighted by molar-refractivity contribution is 0.00405. The molecule has 1 aliphatic heterocycles. The third-order valence-electron chi connectivity index (χ3n) is 4.86. The second-order valence-electron chi connectivity index (χ2n) is 8.27. The summed E-state index contributed by atoms with van der Waals surface area (Å²) in [6.07, 6.45) is 3.86. The van der Waals surface area contributed by atoms with E-state index in [1.54, 1.807) is 35.0 Å². The molecule has 0 saturated carbocycles. The van der Waals surface area contributed by atoms with Gasteiger partial charge < -0.3 is 19.9 Å². The monoisotopic (exact) mass is 425 g/mol. The minimum absolute atomic E-state index is 0.226. The molecule has 1 aliphatic rings. The average molecular weight is 425 g/mol. The Hall–Kier alpha value is -3.49. The second kappa shape index (κ2) is 9.11. The summed E-state index contributed by atoms with van der Waals surface area (Å²) in [5.74, 6) is -0.462. The van der Waals surface area contributed by atoms with Crippen molar-refractivity contribution in [1.29, 1.82) is 0 Å². The molecule has 9 heteroatoms. The van der Waals surface area contributed by atoms with Crippen molar-refractivity contribution < 1.29 is 19.1 Å². The molecule has 0 radical (unpaired) electrons. The predicted molar refractivity (Wildman–Crippen MR) is 113 cm³/mol. The number of hydrogen-bond acceptors (Lipinski definition) is 6. The Kier molecular flexibility index (Phi) is 6.53. The van der Waals surface area contributed by atoms with Crippen LogP contribution in [0.5, 0.6) is 0 Å². The smallest absolute Gasteiger partial charge is 0.410 e. The van der Waals surface area contributed by atoms with Crippen LogP contribution >= 0.6 is 0 Å². The molecule has 0 aliphatic carbocycles. The van der Waals surface area contributed by atoms with Crippen LogP contribution in [0.1, 0.15) is 53.1 Å². The Balaban J connectivity index is 1.93. The van der Waals surface area contributed by atoms with Gasteiger partial charge in [-0.2, -0.15) is 0 Å². The molecule has 0 bridgehead atoms. The Labute approximate surface area is 181 Å². The summed E-state index contributed by atoms with van der Waals surface area (Å²) >= 11 is 0. The van der Waals surface area contributed by atoms with Crippen LogP contribution in [0.25, 0.3) is 0 Å². The van der Waals surface area contributed by atoms with Gasteiger partial charge >= 0.3 is 6.09 Å². The van der Waals surface area contributed by atoms with Crippen LogP contribution < -0.4 is 5.32 Å². The lowest BCUT2D eigenvalue weighted by Crippen LogP contribution is -2.53. The van der Waals surface area contributed by atoms with Gasteiger partial charge in [0.25, 0.3) is 11.8 Å². The maximum absolute atomic E-state index is 13.2. The summed E-state index contributed by atoms with van der Waals surface area (Å²) in [6.45, 7) is 6.31. The fraction of sp³-hybridized carbons (Fsp3) is 0.409. The maximum Gasteiger partial charge on any atom is 0.410 e. The molecule has 2 aromatic rings. The zero-order valence-corrected chi connectivity index (χ0v) is 18.2. The molecule has 2 heterocycles. The van der Waals surface area contributed by atoms with Gasteiger partial charge in [-0.1, -0.05) is 12.1 Å². The number of nitrogens with zero attached hydrogens (tertiary/aromatic N) is 4. The van der Waals surface area contributed by atoms with Crippen molar-refractivity contribution in [1.82, 2.24) is 25.1 Å². The molecule has 3 amide bonds. The number of ether oxygens (including phenoxy) is 1. The summed E-state index contributed by atoms with van der Waals surface area (Å²) in [7, 11) is 1.56. The highest BCUT2D eigenvalue weighted by molar-refractivity contribution is 5.95. The number of amides is 3. The number of carbonyl (C=O) groups excluding carboxylic acids is 3. The number of carbonyl (C=O) groups is 3. The summed E-state index contributed by atoms with van der Waals surface area (Å²) in [4.78, 5) is 49.1. The van der Waals surface area contributed by atoms with E-state index in [4.69, 9.17) is 4.74 Å². The Morgan fingerprint density at radius 1 is 1.10 bits per heavy atom. The number of piperazine rings is 1. The van der Waals surface area contributed by atoms with E-state index in [2.05, 4.69) is 15.3 Å². The van der Waals surface area contributed by atoms with Gasteiger partial charge in [-0.3, -0.25) is 9.59 Å². The number of nitrogens with one attached hydrogen (secondary N) is 1. The molecule has 164 valence electrons. The SMILES string of the molecule is CNC(=O)c1cccc([C@@H]2CN(C(=O)OC(C)(C)C)CCN2C(=O)c2cncnc2)c1. The Morgan fingerprint density at radius 3 is 2.45 bits per heavy atom. The van der Waals surface area contributed by atoms with Gasteiger partial charge in [0.05, 0.1) is 11.6 Å². The van der Waals surface area contributed by atoms with Gasteiger partial charge in [0.1, 0.15) is 11.9 Å². The van der Waals surface area contributed by atoms with Crippen molar-refractivity contribution in [2.45, 2.75) is 32.4 Å². The molecular weight excluding hydrogens is 398 g/mol. The van der Waals surface area contributed by atoms with Crippen molar-refractivity contribution in [3.8, 4) is 0 Å². The van der Waals surface area contributed by atoms with E-state index in [1.807, 2.05) is 26.8 Å². The maximum atomic E-state index is 13.2. The lowest BCUT2D eigenvalue weighted by Gasteiger charge is -2.42. The van der Waals surface area contributed by atoms with E-state index in [1.165, 1.54) is 18.7 Å². The van der Waals surface area contributed by atoms with Crippen molar-refractivity contribution in [2.75, 3.05) is 26.7 Å². The third kappa shape index (κ3) is 5.36. The van der Waals surface area contributed by atoms with Crippen molar-refractivity contribution in [2.24, 2.45) is 0 Å². The number of rotatable bonds is 3. The van der Waals surface area contributed by atoms with Crippen LogP contribution in [0.15, 0.2) is 43.0 Å². The van der Waals surface area contributed by atoms with Crippen LogP contribution in [-0.4, -0.2) is 70.0 Å². The average Bonchev–Trinajstić information content (AvgIpc) is 2.77. The molecule has 1 aromatic heterocycles. The molecule has 9 nitrogen and oxygen atoms in total. The topological polar surface area (TPSA) is 105 Å². The number of aromatic nitrogens is 2. The van der Waals surface area contributed by atoms with Crippen LogP contribution in [-0.2, 0) is 4.74 Å². The van der Waals surface area contributed by atoms with E-state index in [0.29, 0.717) is 24.2 Å². The molecule has 1 saturated heterocycles. The molecule has 1 aromatic carbocycles. The highest BCUT2D eigenvalue weighted by Crippen LogP contribution is 2.28. The molecule has 0 spiro atoms. The molecule has 3 rings (SSSR count). The fourth-order valence-corrected chi connectivity index (χ4v) is 3.41. The first kappa shape index (κ1) is 22.2. The molecular formula is C22H27N5O4. The Bertz CT molecular complexity index is 958. The van der Waals surface area contributed by atoms with Gasteiger partial charge in [-0.15, -0.1) is 0 Å². The standard InChI is InChI=1S/C22H27N5O4/c1-22(2,3)31-21(30)26-8-9-27(20(29)17-11-24-14-25-12-17)18(13-26)15-6-5-7-16(10-15)19(28)23-4/h5-7,10-12,14,18H,8-9,13H2,1-4H3,(H,23,28)/t18-/m0/s1. The number of benzene rings is 1. The predicted octanol–water partition coefficient (Wildman–Crippen LogP) is 2.27. The van der Waals surface area contributed by atoms with E-state index < -0.39 is 17.7 Å². The molecule has 0 unspecified atom stereocenters. The van der Waals surface area contributed by atoms with Gasteiger partial charge in [-0.05, 0) is 38.5 Å². The zero-order valence-electron chi connectivity index (χ0n) is 18.2. The highest BCUT2D eigenvalue weighted by atomic mass is 16.6. The first-order chi connectivity index (χ1) is 14.7. The van der Waals surface area contributed by atoms with E-state index in [0.717, 1.165) is 5.56 Å². The first-order valence-electron chi connectivity index (χ1n) is 10.1. The summed E-state index contributed by atoms with van der Waals surface area (Å²) in [6, 6.07) is 6.59. The highest BCUT2D eigenvalue weighted by Gasteiger charge is 2.36. The van der Waals surface area contributed by atoms with Crippen LogP contribution in [0.2, 0.25) is 0 Å². The fourth-order valence-electron chi connectivity index (χ4n) is 3.41. The minimum atomic E-state index is -0.625. The molecule has 1 N–H and O–H groups in total. The van der Waals surface area contributed by atoms with E-state index in [9.17, 15) is 14.4 Å². The third-order valence-corrected chi connectivity index (χ3v) is 4.86. The zero-order chi connectivity index (χ0) is 22.6. The van der Waals surface area contributed by atoms with Crippen molar-refractivity contribution >= 4 is 17.9 Å². The number of hydrogen-bond donors (Lipinski definition) is 1. The second-order valence-corrected chi connectivity index (χ2v) is 8.27. The van der Waals surface area contributed by atoms with Gasteiger partial charge in [0.15, 0.2) is 0 Å². The summed E-state index contributed by atoms with van der Waals surface area (Å²) in [5, 5.41) is 2.60. The van der Waals surface area contributed by atoms with Gasteiger partial charge in [0, 0.05) is 44.6 Å². The first-order valence-corrected chi connectivity index (χ1v) is 10.1. The Morgan fingerprint density at radius 2 is 1.81 bits per heavy atom. The molecule has 31 heavy (non-hydrogen) atoms.